The van der Waals surface area contributed by atoms with Crippen LogP contribution in [-0.2, 0) is 0 Å². The van der Waals surface area contributed by atoms with Gasteiger partial charge >= 0.3 is 23.1 Å². The van der Waals surface area contributed by atoms with Gasteiger partial charge in [0.15, 0.2) is 0 Å². The second-order valence-corrected chi connectivity index (χ2v) is 10.9. The maximum atomic E-state index is 3.84. The van der Waals surface area contributed by atoms with Gasteiger partial charge < -0.3 is 4.98 Å². The van der Waals surface area contributed by atoms with E-state index in [0.717, 1.165) is 6.04 Å². The van der Waals surface area contributed by atoms with Crippen molar-refractivity contribution in [2.75, 3.05) is 0 Å². The molecule has 0 heterocycles. The number of hydrogen-bond acceptors (Lipinski definition) is 1. The van der Waals surface area contributed by atoms with Crippen LogP contribution in [0, 0.1) is 6.07 Å². The van der Waals surface area contributed by atoms with E-state index in [1.165, 1.54) is 38.5 Å². The molecule has 1 aromatic rings. The van der Waals surface area contributed by atoms with Gasteiger partial charge in [-0.25, -0.2) is 0 Å². The maximum Gasteiger partial charge on any atom is 2.00 e. The Labute approximate surface area is 153 Å². The minimum atomic E-state index is -1.02. The average Bonchev–Trinajstić information content (AvgIpc) is 2.59. The van der Waals surface area contributed by atoms with Crippen molar-refractivity contribution in [2.24, 2.45) is 0 Å². The normalized spacial score (nSPS) is 15.8. The van der Waals surface area contributed by atoms with Crippen molar-refractivity contribution >= 4 is 48.3 Å². The van der Waals surface area contributed by atoms with E-state index in [2.05, 4.69) is 30.7 Å². The molecule has 110 valence electrons. The van der Waals surface area contributed by atoms with Crippen molar-refractivity contribution in [3.8, 4) is 0 Å². The summed E-state index contributed by atoms with van der Waals surface area (Å²) in [4.78, 5) is 3.84. The Hall–Kier alpha value is 0.643. The molecule has 0 bridgehead atoms. The molecule has 0 spiro atoms. The summed E-state index contributed by atoms with van der Waals surface area (Å²) >= 11 is 0. The van der Waals surface area contributed by atoms with Gasteiger partial charge in [-0.1, -0.05) is 45.3 Å². The minimum absolute atomic E-state index is 0. The van der Waals surface area contributed by atoms with Crippen molar-refractivity contribution in [2.45, 2.75) is 64.2 Å². The van der Waals surface area contributed by atoms with Gasteiger partial charge in [0.25, 0.3) is 0 Å². The van der Waals surface area contributed by atoms with Crippen molar-refractivity contribution in [1.29, 1.82) is 0 Å². The van der Waals surface area contributed by atoms with E-state index >= 15 is 0 Å². The third-order valence-electron chi connectivity index (χ3n) is 3.10. The van der Waals surface area contributed by atoms with Crippen molar-refractivity contribution in [1.82, 2.24) is 4.98 Å². The largest absolute Gasteiger partial charge is 2.00 e. The number of rotatable bonds is 2. The monoisotopic (exact) mass is 366 g/mol. The molecule has 4 heteroatoms. The van der Waals surface area contributed by atoms with Crippen LogP contribution in [0.15, 0.2) is 30.3 Å². The van der Waals surface area contributed by atoms with Crippen LogP contribution >= 0.6 is 17.0 Å². The van der Waals surface area contributed by atoms with Crippen LogP contribution in [0.4, 0.5) is 0 Å². The van der Waals surface area contributed by atoms with Crippen LogP contribution in [0.5, 0.6) is 0 Å². The van der Waals surface area contributed by atoms with Crippen LogP contribution in [0.3, 0.4) is 0 Å². The summed E-state index contributed by atoms with van der Waals surface area (Å²) in [6.07, 6.45) is 8.66. The molecule has 1 fully saturated rings. The Morgan fingerprint density at radius 1 is 0.900 bits per heavy atom. The molecular formula is C16H29BrMgNSi+. The minimum Gasteiger partial charge on any atom is -0.335 e. The fourth-order valence-corrected chi connectivity index (χ4v) is 3.89. The van der Waals surface area contributed by atoms with Gasteiger partial charge in [-0.2, -0.15) is 36.4 Å². The predicted molar refractivity (Wildman–Crippen MR) is 99.3 cm³/mol. The molecular weight excluding hydrogens is 338 g/mol. The molecule has 0 atom stereocenters. The zero-order valence-corrected chi connectivity index (χ0v) is 17.4. The van der Waals surface area contributed by atoms with E-state index in [-0.39, 0.29) is 40.0 Å². The fourth-order valence-electron chi connectivity index (χ4n) is 2.38. The van der Waals surface area contributed by atoms with Gasteiger partial charge in [0.1, 0.15) is 8.24 Å². The van der Waals surface area contributed by atoms with E-state index in [0.29, 0.717) is 0 Å². The fraction of sp³-hybridized carbons (Fsp3) is 0.625. The van der Waals surface area contributed by atoms with Gasteiger partial charge in [-0.05, 0) is 12.8 Å². The molecule has 0 radical (unpaired) electrons. The molecule has 0 saturated heterocycles. The Kier molecular flexibility index (Phi) is 15.3. The molecule has 0 aromatic heterocycles. The van der Waals surface area contributed by atoms with Crippen LogP contribution in [0.2, 0.25) is 19.6 Å². The van der Waals surface area contributed by atoms with E-state index in [4.69, 9.17) is 0 Å². The predicted octanol–water partition coefficient (Wildman–Crippen LogP) is 4.82. The standard InChI is InChI=1S/C10H23NSi.C6H5.BrH.Mg/c1-12(2,3)11-10-8-6-4-5-7-9-10;1-2-4-6-5-3-1;;/h10-11H,4-9H2,1-3H3;1-5H;1H;/q;-1;;+2. The average molecular weight is 368 g/mol. The first-order valence-corrected chi connectivity index (χ1v) is 10.8. The summed E-state index contributed by atoms with van der Waals surface area (Å²) in [6, 6.07) is 13.3. The van der Waals surface area contributed by atoms with Gasteiger partial charge in [-0.15, -0.1) is 17.0 Å². The molecule has 2 rings (SSSR count). The summed E-state index contributed by atoms with van der Waals surface area (Å²) < 4.78 is 0. The summed E-state index contributed by atoms with van der Waals surface area (Å²) in [6.45, 7) is 7.20. The van der Waals surface area contributed by atoms with Crippen molar-refractivity contribution in [3.05, 3.63) is 36.4 Å². The van der Waals surface area contributed by atoms with E-state index in [1.54, 1.807) is 0 Å². The number of benzene rings is 1. The zero-order valence-electron chi connectivity index (χ0n) is 13.3. The second kappa shape index (κ2) is 13.3. The van der Waals surface area contributed by atoms with E-state index < -0.39 is 8.24 Å². The summed E-state index contributed by atoms with van der Waals surface area (Å²) in [5.41, 5.74) is 0. The topological polar surface area (TPSA) is 12.0 Å². The molecule has 1 aromatic carbocycles. The van der Waals surface area contributed by atoms with Crippen LogP contribution < -0.4 is 4.98 Å². The van der Waals surface area contributed by atoms with Gasteiger partial charge in [-0.3, -0.25) is 0 Å². The maximum absolute atomic E-state index is 3.84. The first kappa shape index (κ1) is 22.9. The zero-order chi connectivity index (χ0) is 13.3. The Balaban J connectivity index is 0. The SMILES string of the molecule is Br.C[Si](C)(C)NC1CCCCCC1.[Mg+2].[c-]1ccccc1. The second-order valence-electron chi connectivity index (χ2n) is 6.16. The quantitative estimate of drug-likeness (QED) is 0.449. The molecule has 0 amide bonds. The molecule has 0 aliphatic heterocycles. The third kappa shape index (κ3) is 13.6. The molecule has 0 unspecified atom stereocenters. The molecule has 1 aliphatic carbocycles. The molecule has 20 heavy (non-hydrogen) atoms. The van der Waals surface area contributed by atoms with Crippen molar-refractivity contribution < 1.29 is 0 Å². The first-order chi connectivity index (χ1) is 8.58. The Bertz CT molecular complexity index is 268. The summed E-state index contributed by atoms with van der Waals surface area (Å²) in [7, 11) is -1.02. The molecule has 1 nitrogen and oxygen atoms in total. The van der Waals surface area contributed by atoms with Gasteiger partial charge in [0.05, 0.1) is 0 Å². The van der Waals surface area contributed by atoms with Gasteiger partial charge in [0, 0.05) is 6.04 Å². The van der Waals surface area contributed by atoms with Crippen LogP contribution in [0.1, 0.15) is 38.5 Å². The molecule has 1 saturated carbocycles. The smallest absolute Gasteiger partial charge is 0.335 e. The number of halogens is 1. The van der Waals surface area contributed by atoms with Crippen LogP contribution in [0.25, 0.3) is 0 Å². The number of hydrogen-bond donors (Lipinski definition) is 1. The molecule has 1 N–H and O–H groups in total. The van der Waals surface area contributed by atoms with E-state index in [1.807, 2.05) is 30.3 Å². The Morgan fingerprint density at radius 2 is 1.40 bits per heavy atom. The molecule has 1 aliphatic rings. The van der Waals surface area contributed by atoms with Crippen LogP contribution in [-0.4, -0.2) is 37.3 Å². The first-order valence-electron chi connectivity index (χ1n) is 7.27. The van der Waals surface area contributed by atoms with Gasteiger partial charge in [0.2, 0.25) is 0 Å². The van der Waals surface area contributed by atoms with E-state index in [9.17, 15) is 0 Å². The van der Waals surface area contributed by atoms with Crippen molar-refractivity contribution in [3.63, 3.8) is 0 Å². The summed E-state index contributed by atoms with van der Waals surface area (Å²) in [5.74, 6) is 0. The Morgan fingerprint density at radius 3 is 1.70 bits per heavy atom. The third-order valence-corrected chi connectivity index (χ3v) is 4.37. The summed E-state index contributed by atoms with van der Waals surface area (Å²) in [5, 5.41) is 0. The number of nitrogens with one attached hydrogen (secondary N) is 1.